The normalized spacial score (nSPS) is 11.4. The van der Waals surface area contributed by atoms with Crippen molar-refractivity contribution in [2.45, 2.75) is 39.8 Å². The molecule has 2 N–H and O–H groups in total. The molecule has 166 valence electrons. The van der Waals surface area contributed by atoms with Gasteiger partial charge in [0.15, 0.2) is 0 Å². The molecule has 4 aromatic rings. The molecule has 2 heterocycles. The van der Waals surface area contributed by atoms with Gasteiger partial charge in [-0.2, -0.15) is 4.98 Å². The van der Waals surface area contributed by atoms with Gasteiger partial charge in [0, 0.05) is 25.3 Å². The van der Waals surface area contributed by atoms with Crippen LogP contribution in [0, 0.1) is 0 Å². The minimum atomic E-state index is -0.0930. The number of hydrogen-bond acceptors (Lipinski definition) is 5. The summed E-state index contributed by atoms with van der Waals surface area (Å²) >= 11 is 0. The Bertz CT molecular complexity index is 1130. The molecule has 0 aliphatic heterocycles. The lowest BCUT2D eigenvalue weighted by Crippen LogP contribution is -2.25. The van der Waals surface area contributed by atoms with Gasteiger partial charge in [-0.25, -0.2) is 4.98 Å². The van der Waals surface area contributed by atoms with E-state index >= 15 is 0 Å². The number of benzene rings is 2. The van der Waals surface area contributed by atoms with Crippen LogP contribution in [0.25, 0.3) is 10.9 Å². The van der Waals surface area contributed by atoms with Crippen molar-refractivity contribution >= 4 is 22.7 Å². The van der Waals surface area contributed by atoms with Crippen molar-refractivity contribution < 1.29 is 5.11 Å². The lowest BCUT2D eigenvalue weighted by Gasteiger charge is -2.23. The quantitative estimate of drug-likeness (QED) is 0.372. The summed E-state index contributed by atoms with van der Waals surface area (Å²) in [5.74, 6) is 1.50. The Balaban J connectivity index is 1.90. The molecule has 0 radical (unpaired) electrons. The van der Waals surface area contributed by atoms with Gasteiger partial charge in [-0.1, -0.05) is 60.7 Å². The topological polar surface area (TPSA) is 66.2 Å². The molecule has 0 saturated heterocycles. The average molecular weight is 430 g/mol. The lowest BCUT2D eigenvalue weighted by molar-refractivity contribution is 0.404. The summed E-state index contributed by atoms with van der Waals surface area (Å²) in [4.78, 5) is 11.8. The van der Waals surface area contributed by atoms with Crippen molar-refractivity contribution in [2.75, 3.05) is 23.3 Å². The molecule has 0 amide bonds. The van der Waals surface area contributed by atoms with Crippen LogP contribution >= 0.6 is 0 Å². The first-order valence-corrected chi connectivity index (χ1v) is 11.3. The van der Waals surface area contributed by atoms with Crippen LogP contribution in [0.1, 0.15) is 50.9 Å². The van der Waals surface area contributed by atoms with Crippen molar-refractivity contribution in [1.29, 1.82) is 0 Å². The molecule has 6 nitrogen and oxygen atoms in total. The number of anilines is 2. The second-order valence-corrected chi connectivity index (χ2v) is 8.16. The molecule has 0 atom stereocenters. The van der Waals surface area contributed by atoms with Gasteiger partial charge in [0.25, 0.3) is 0 Å². The largest absolute Gasteiger partial charge is 0.493 e. The molecule has 0 spiro atoms. The number of nitrogens with zero attached hydrogens (tertiary/aromatic N) is 4. The van der Waals surface area contributed by atoms with Gasteiger partial charge in [0.05, 0.1) is 11.4 Å². The highest BCUT2D eigenvalue weighted by Crippen LogP contribution is 2.36. The molecule has 0 aliphatic rings. The fourth-order valence-corrected chi connectivity index (χ4v) is 4.01. The van der Waals surface area contributed by atoms with Gasteiger partial charge in [-0.15, -0.1) is 0 Å². The van der Waals surface area contributed by atoms with E-state index in [0.29, 0.717) is 17.3 Å². The van der Waals surface area contributed by atoms with Crippen LogP contribution in [0.15, 0.2) is 66.9 Å². The molecule has 0 fully saturated rings. The zero-order chi connectivity index (χ0) is 22.7. The highest BCUT2D eigenvalue weighted by Gasteiger charge is 2.22. The Morgan fingerprint density at radius 3 is 1.97 bits per heavy atom. The predicted octanol–water partition coefficient (Wildman–Crippen LogP) is 5.77. The van der Waals surface area contributed by atoms with Crippen molar-refractivity contribution in [3.8, 4) is 5.88 Å². The standard InChI is InChI=1S/C26H31N5O/c1-5-30(6-2)26-28-23-21(17-31(18(3)4)25(23)32)24(29-26)27-22(19-13-9-7-10-14-19)20-15-11-8-12-16-20/h7-18,22,32H,5-6H2,1-4H3,(H,27,28,29). The number of fused-ring (bicyclic) bond motifs is 1. The summed E-state index contributed by atoms with van der Waals surface area (Å²) in [5.41, 5.74) is 2.85. The number of rotatable bonds is 8. The van der Waals surface area contributed by atoms with Crippen molar-refractivity contribution in [2.24, 2.45) is 0 Å². The highest BCUT2D eigenvalue weighted by molar-refractivity contribution is 5.94. The molecule has 4 rings (SSSR count). The molecule has 0 saturated carbocycles. The smallest absolute Gasteiger partial charge is 0.228 e. The van der Waals surface area contributed by atoms with Gasteiger partial charge >= 0.3 is 0 Å². The first kappa shape index (κ1) is 21.7. The third kappa shape index (κ3) is 4.13. The van der Waals surface area contributed by atoms with Gasteiger partial charge in [0.1, 0.15) is 11.3 Å². The van der Waals surface area contributed by atoms with Crippen LogP contribution in [-0.2, 0) is 0 Å². The van der Waals surface area contributed by atoms with E-state index in [0.717, 1.165) is 29.6 Å². The molecular formula is C26H31N5O. The van der Waals surface area contributed by atoms with Gasteiger partial charge in [-0.3, -0.25) is 0 Å². The molecular weight excluding hydrogens is 398 g/mol. The number of aromatic hydroxyl groups is 1. The van der Waals surface area contributed by atoms with E-state index < -0.39 is 0 Å². The van der Waals surface area contributed by atoms with Crippen LogP contribution in [0.4, 0.5) is 11.8 Å². The van der Waals surface area contributed by atoms with Crippen LogP contribution in [0.5, 0.6) is 5.88 Å². The maximum Gasteiger partial charge on any atom is 0.228 e. The van der Waals surface area contributed by atoms with Crippen LogP contribution in [0.3, 0.4) is 0 Å². The van der Waals surface area contributed by atoms with Crippen molar-refractivity contribution in [1.82, 2.24) is 14.5 Å². The Morgan fingerprint density at radius 1 is 0.906 bits per heavy atom. The number of nitrogens with one attached hydrogen (secondary N) is 1. The second kappa shape index (κ2) is 9.30. The van der Waals surface area contributed by atoms with Gasteiger partial charge in [0.2, 0.25) is 11.8 Å². The summed E-state index contributed by atoms with van der Waals surface area (Å²) in [6.07, 6.45) is 1.94. The molecule has 2 aromatic heterocycles. The summed E-state index contributed by atoms with van der Waals surface area (Å²) < 4.78 is 1.84. The highest BCUT2D eigenvalue weighted by atomic mass is 16.3. The van der Waals surface area contributed by atoms with E-state index in [-0.39, 0.29) is 18.0 Å². The van der Waals surface area contributed by atoms with Crippen LogP contribution in [-0.4, -0.2) is 32.7 Å². The number of aromatic nitrogens is 3. The van der Waals surface area contributed by atoms with Crippen molar-refractivity contribution in [3.05, 3.63) is 78.0 Å². The molecule has 0 aliphatic carbocycles. The molecule has 32 heavy (non-hydrogen) atoms. The van der Waals surface area contributed by atoms with Crippen LogP contribution in [0.2, 0.25) is 0 Å². The fraction of sp³-hybridized carbons (Fsp3) is 0.308. The Hall–Kier alpha value is -3.54. The van der Waals surface area contributed by atoms with E-state index in [4.69, 9.17) is 9.97 Å². The average Bonchev–Trinajstić information content (AvgIpc) is 3.16. The minimum absolute atomic E-state index is 0.0930. The van der Waals surface area contributed by atoms with Crippen molar-refractivity contribution in [3.63, 3.8) is 0 Å². The molecule has 0 bridgehead atoms. The number of hydrogen-bond donors (Lipinski definition) is 2. The maximum atomic E-state index is 10.9. The van der Waals surface area contributed by atoms with E-state index in [9.17, 15) is 5.11 Å². The zero-order valence-corrected chi connectivity index (χ0v) is 19.2. The first-order valence-electron chi connectivity index (χ1n) is 11.3. The second-order valence-electron chi connectivity index (χ2n) is 8.16. The lowest BCUT2D eigenvalue weighted by atomic mass is 9.98. The Labute approximate surface area is 189 Å². The molecule has 2 aromatic carbocycles. The third-order valence-corrected chi connectivity index (χ3v) is 5.81. The zero-order valence-electron chi connectivity index (χ0n) is 19.2. The predicted molar refractivity (Wildman–Crippen MR) is 131 cm³/mol. The summed E-state index contributed by atoms with van der Waals surface area (Å²) in [5, 5.41) is 15.4. The van der Waals surface area contributed by atoms with E-state index in [1.807, 2.05) is 61.0 Å². The van der Waals surface area contributed by atoms with E-state index in [1.54, 1.807) is 0 Å². The van der Waals surface area contributed by atoms with Gasteiger partial charge in [-0.05, 0) is 38.8 Å². The Morgan fingerprint density at radius 2 is 1.47 bits per heavy atom. The van der Waals surface area contributed by atoms with E-state index in [1.165, 1.54) is 0 Å². The SMILES string of the molecule is CCN(CC)c1nc(NC(c2ccccc2)c2ccccc2)c2cn(C(C)C)c(O)c2n1. The molecule has 6 heteroatoms. The monoisotopic (exact) mass is 429 g/mol. The summed E-state index contributed by atoms with van der Waals surface area (Å²) in [7, 11) is 0. The third-order valence-electron chi connectivity index (χ3n) is 5.81. The Kier molecular flexibility index (Phi) is 6.30. The van der Waals surface area contributed by atoms with Gasteiger partial charge < -0.3 is 19.9 Å². The summed E-state index contributed by atoms with van der Waals surface area (Å²) in [6, 6.07) is 20.7. The maximum absolute atomic E-state index is 10.9. The minimum Gasteiger partial charge on any atom is -0.493 e. The fourth-order valence-electron chi connectivity index (χ4n) is 4.01. The molecule has 0 unspecified atom stereocenters. The van der Waals surface area contributed by atoms with Crippen LogP contribution < -0.4 is 10.2 Å². The van der Waals surface area contributed by atoms with E-state index in [2.05, 4.69) is 48.3 Å². The first-order chi connectivity index (χ1) is 15.5. The summed E-state index contributed by atoms with van der Waals surface area (Å²) in [6.45, 7) is 9.82.